The molecule has 1 saturated carbocycles. The molecule has 7 heteroatoms. The molecule has 1 unspecified atom stereocenters. The van der Waals surface area contributed by atoms with Crippen molar-refractivity contribution in [3.05, 3.63) is 28.8 Å². The molecular weight excluding hydrogens is 325 g/mol. The van der Waals surface area contributed by atoms with Gasteiger partial charge in [0.25, 0.3) is 5.91 Å². The Morgan fingerprint density at radius 2 is 2.09 bits per heavy atom. The van der Waals surface area contributed by atoms with E-state index in [0.29, 0.717) is 29.1 Å². The van der Waals surface area contributed by atoms with Crippen LogP contribution in [0.2, 0.25) is 5.02 Å². The Kier molecular flexibility index (Phi) is 7.13. The van der Waals surface area contributed by atoms with E-state index in [-0.39, 0.29) is 36.3 Å². The number of anilines is 1. The highest BCUT2D eigenvalue weighted by molar-refractivity contribution is 6.34. The van der Waals surface area contributed by atoms with Gasteiger partial charge in [-0.2, -0.15) is 0 Å². The third-order valence-electron chi connectivity index (χ3n) is 3.23. The molecule has 22 heavy (non-hydrogen) atoms. The maximum Gasteiger partial charge on any atom is 0.253 e. The van der Waals surface area contributed by atoms with Gasteiger partial charge in [0, 0.05) is 24.2 Å². The normalized spacial score (nSPS) is 14.7. The molecule has 1 aromatic rings. The van der Waals surface area contributed by atoms with Crippen LogP contribution in [0.15, 0.2) is 18.2 Å². The first-order chi connectivity index (χ1) is 9.95. The predicted octanol–water partition coefficient (Wildman–Crippen LogP) is 2.72. The molecule has 0 spiro atoms. The van der Waals surface area contributed by atoms with Gasteiger partial charge in [0.1, 0.15) is 0 Å². The van der Waals surface area contributed by atoms with Gasteiger partial charge in [0.2, 0.25) is 5.91 Å². The number of carbonyl (C=O) groups excluding carboxylic acids is 2. The van der Waals surface area contributed by atoms with E-state index in [4.69, 9.17) is 17.3 Å². The standard InChI is InChI=1S/C15H20ClN3O2.ClH/c1-9(17)2-7-14(20)18-11-5-6-13(16)12(8-11)15(21)19-10-3-4-10;/h5-6,8-10H,2-4,7,17H2,1H3,(H,18,20)(H,19,21);1H. The van der Waals surface area contributed by atoms with Gasteiger partial charge in [-0.05, 0) is 44.4 Å². The number of amides is 2. The highest BCUT2D eigenvalue weighted by Crippen LogP contribution is 2.24. The van der Waals surface area contributed by atoms with Crippen LogP contribution in [-0.4, -0.2) is 23.9 Å². The molecule has 2 rings (SSSR count). The van der Waals surface area contributed by atoms with Gasteiger partial charge in [-0.15, -0.1) is 12.4 Å². The van der Waals surface area contributed by atoms with Gasteiger partial charge < -0.3 is 16.4 Å². The number of rotatable bonds is 6. The van der Waals surface area contributed by atoms with Crippen molar-refractivity contribution in [3.8, 4) is 0 Å². The van der Waals surface area contributed by atoms with Crippen LogP contribution in [0.4, 0.5) is 5.69 Å². The van der Waals surface area contributed by atoms with Gasteiger partial charge in [0.05, 0.1) is 10.6 Å². The van der Waals surface area contributed by atoms with Crippen molar-refractivity contribution < 1.29 is 9.59 Å². The van der Waals surface area contributed by atoms with Gasteiger partial charge in [-0.3, -0.25) is 9.59 Å². The van der Waals surface area contributed by atoms with Gasteiger partial charge >= 0.3 is 0 Å². The summed E-state index contributed by atoms with van der Waals surface area (Å²) in [6.45, 7) is 1.86. The summed E-state index contributed by atoms with van der Waals surface area (Å²) in [5.41, 5.74) is 6.57. The average Bonchev–Trinajstić information content (AvgIpc) is 3.22. The van der Waals surface area contributed by atoms with Gasteiger partial charge in [0.15, 0.2) is 0 Å². The lowest BCUT2D eigenvalue weighted by atomic mass is 10.1. The van der Waals surface area contributed by atoms with E-state index in [0.717, 1.165) is 12.8 Å². The number of halogens is 2. The first kappa shape index (κ1) is 18.7. The molecule has 1 fully saturated rings. The molecule has 0 aliphatic heterocycles. The summed E-state index contributed by atoms with van der Waals surface area (Å²) in [6, 6.07) is 5.15. The minimum atomic E-state index is -0.200. The minimum Gasteiger partial charge on any atom is -0.349 e. The van der Waals surface area contributed by atoms with Crippen LogP contribution < -0.4 is 16.4 Å². The van der Waals surface area contributed by atoms with Gasteiger partial charge in [-0.1, -0.05) is 11.6 Å². The Hall–Kier alpha value is -1.30. The van der Waals surface area contributed by atoms with E-state index in [2.05, 4.69) is 10.6 Å². The molecule has 1 aliphatic rings. The minimum absolute atomic E-state index is 0. The summed E-state index contributed by atoms with van der Waals surface area (Å²) in [7, 11) is 0. The first-order valence-corrected chi connectivity index (χ1v) is 7.49. The largest absolute Gasteiger partial charge is 0.349 e. The second-order valence-corrected chi connectivity index (χ2v) is 5.91. The molecule has 2 amide bonds. The second kappa shape index (κ2) is 8.36. The van der Waals surface area contributed by atoms with E-state index in [1.165, 1.54) is 0 Å². The molecule has 1 aliphatic carbocycles. The number of nitrogens with one attached hydrogen (secondary N) is 2. The lowest BCUT2D eigenvalue weighted by Gasteiger charge is -2.10. The maximum atomic E-state index is 12.0. The van der Waals surface area contributed by atoms with Crippen molar-refractivity contribution in [2.45, 2.75) is 44.7 Å². The lowest BCUT2D eigenvalue weighted by molar-refractivity contribution is -0.116. The summed E-state index contributed by atoms with van der Waals surface area (Å²) >= 11 is 6.04. The topological polar surface area (TPSA) is 84.2 Å². The Morgan fingerprint density at radius 1 is 1.41 bits per heavy atom. The van der Waals surface area contributed by atoms with E-state index < -0.39 is 0 Å². The molecule has 0 radical (unpaired) electrons. The smallest absolute Gasteiger partial charge is 0.253 e. The Balaban J connectivity index is 0.00000242. The fourth-order valence-corrected chi connectivity index (χ4v) is 2.05. The average molecular weight is 346 g/mol. The number of hydrogen-bond acceptors (Lipinski definition) is 3. The lowest BCUT2D eigenvalue weighted by Crippen LogP contribution is -2.26. The highest BCUT2D eigenvalue weighted by Gasteiger charge is 2.24. The zero-order valence-electron chi connectivity index (χ0n) is 12.4. The second-order valence-electron chi connectivity index (χ2n) is 5.51. The summed E-state index contributed by atoms with van der Waals surface area (Å²) in [6.07, 6.45) is 2.99. The monoisotopic (exact) mass is 345 g/mol. The van der Waals surface area contributed by atoms with Crippen molar-refractivity contribution in [1.82, 2.24) is 5.32 Å². The number of carbonyl (C=O) groups is 2. The zero-order chi connectivity index (χ0) is 15.4. The van der Waals surface area contributed by atoms with Gasteiger partial charge in [-0.25, -0.2) is 0 Å². The molecule has 122 valence electrons. The Morgan fingerprint density at radius 3 is 2.68 bits per heavy atom. The van der Waals surface area contributed by atoms with Crippen LogP contribution in [-0.2, 0) is 4.79 Å². The molecule has 0 aromatic heterocycles. The molecule has 5 nitrogen and oxygen atoms in total. The zero-order valence-corrected chi connectivity index (χ0v) is 14.0. The maximum absolute atomic E-state index is 12.0. The van der Waals surface area contributed by atoms with Crippen LogP contribution >= 0.6 is 24.0 Å². The van der Waals surface area contributed by atoms with Crippen molar-refractivity contribution >= 4 is 41.5 Å². The molecule has 0 saturated heterocycles. The summed E-state index contributed by atoms with van der Waals surface area (Å²) in [5.74, 6) is -0.322. The quantitative estimate of drug-likeness (QED) is 0.740. The van der Waals surface area contributed by atoms with Crippen molar-refractivity contribution in [1.29, 1.82) is 0 Å². The van der Waals surface area contributed by atoms with E-state index >= 15 is 0 Å². The molecule has 1 aromatic carbocycles. The Labute approximate surface area is 141 Å². The first-order valence-electron chi connectivity index (χ1n) is 7.11. The number of nitrogens with two attached hydrogens (primary N) is 1. The number of hydrogen-bond donors (Lipinski definition) is 3. The van der Waals surface area contributed by atoms with E-state index in [1.54, 1.807) is 18.2 Å². The molecule has 0 heterocycles. The van der Waals surface area contributed by atoms with Crippen molar-refractivity contribution in [2.75, 3.05) is 5.32 Å². The fourth-order valence-electron chi connectivity index (χ4n) is 1.85. The van der Waals surface area contributed by atoms with Crippen molar-refractivity contribution in [2.24, 2.45) is 5.73 Å². The van der Waals surface area contributed by atoms with Crippen molar-refractivity contribution in [3.63, 3.8) is 0 Å². The van der Waals surface area contributed by atoms with Crippen LogP contribution in [0.25, 0.3) is 0 Å². The van der Waals surface area contributed by atoms with E-state index in [9.17, 15) is 9.59 Å². The summed E-state index contributed by atoms with van der Waals surface area (Å²) in [4.78, 5) is 23.8. The summed E-state index contributed by atoms with van der Waals surface area (Å²) < 4.78 is 0. The van der Waals surface area contributed by atoms with Crippen LogP contribution in [0.3, 0.4) is 0 Å². The molecular formula is C15H21Cl2N3O2. The third kappa shape index (κ3) is 5.83. The third-order valence-corrected chi connectivity index (χ3v) is 3.56. The molecule has 1 atom stereocenters. The number of benzene rings is 1. The van der Waals surface area contributed by atoms with Crippen LogP contribution in [0.1, 0.15) is 43.0 Å². The van der Waals surface area contributed by atoms with Crippen LogP contribution in [0, 0.1) is 0 Å². The summed E-state index contributed by atoms with van der Waals surface area (Å²) in [5, 5.41) is 6.01. The SMILES string of the molecule is CC(N)CCC(=O)Nc1ccc(Cl)c(C(=O)NC2CC2)c1.Cl. The highest BCUT2D eigenvalue weighted by atomic mass is 35.5. The Bertz CT molecular complexity index is 546. The predicted molar refractivity (Wildman–Crippen MR) is 90.7 cm³/mol. The van der Waals surface area contributed by atoms with E-state index in [1.807, 2.05) is 6.92 Å². The van der Waals surface area contributed by atoms with Crippen LogP contribution in [0.5, 0.6) is 0 Å². The molecule has 4 N–H and O–H groups in total. The molecule has 0 bridgehead atoms. The fraction of sp³-hybridized carbons (Fsp3) is 0.467.